The number of aromatic nitrogens is 4. The molecule has 5 rings (SSSR count). The van der Waals surface area contributed by atoms with Gasteiger partial charge in [-0.25, -0.2) is 9.97 Å². The Morgan fingerprint density at radius 3 is 2.76 bits per heavy atom. The average molecular weight is 477 g/mol. The van der Waals surface area contributed by atoms with Crippen molar-refractivity contribution in [2.75, 3.05) is 5.32 Å². The molecule has 5 aromatic rings. The lowest BCUT2D eigenvalue weighted by Crippen LogP contribution is -2.18. The number of fused-ring (bicyclic) bond motifs is 1. The highest BCUT2D eigenvalue weighted by Crippen LogP contribution is 2.30. The third-order valence-corrected chi connectivity index (χ3v) is 5.89. The van der Waals surface area contributed by atoms with Crippen molar-refractivity contribution in [2.45, 2.75) is 20.4 Å². The lowest BCUT2D eigenvalue weighted by Gasteiger charge is -2.07. The van der Waals surface area contributed by atoms with E-state index in [-0.39, 0.29) is 11.8 Å². The number of amides is 2. The number of aryl methyl sites for hydroxylation is 2. The van der Waals surface area contributed by atoms with Gasteiger partial charge in [0.05, 0.1) is 29.5 Å². The normalized spacial score (nSPS) is 11.1. The van der Waals surface area contributed by atoms with E-state index < -0.39 is 0 Å². The molecule has 0 fully saturated rings. The van der Waals surface area contributed by atoms with E-state index in [1.54, 1.807) is 53.7 Å². The van der Waals surface area contributed by atoms with Crippen LogP contribution in [0.25, 0.3) is 33.9 Å². The molecule has 0 radical (unpaired) electrons. The summed E-state index contributed by atoms with van der Waals surface area (Å²) in [6.07, 6.45) is 1.56. The number of carbonyl (C=O) groups excluding carboxylic acids is 2. The van der Waals surface area contributed by atoms with E-state index in [0.717, 1.165) is 0 Å². The van der Waals surface area contributed by atoms with Gasteiger partial charge in [0.2, 0.25) is 5.91 Å². The molecule has 0 unspecified atom stereocenters. The van der Waals surface area contributed by atoms with Crippen LogP contribution in [0.3, 0.4) is 0 Å². The van der Waals surface area contributed by atoms with E-state index in [1.165, 1.54) is 18.3 Å². The highest BCUT2D eigenvalue weighted by Gasteiger charge is 2.21. The molecule has 2 N–H and O–H groups in total. The molecule has 0 atom stereocenters. The zero-order valence-corrected chi connectivity index (χ0v) is 19.4. The Labute approximate surface area is 197 Å². The zero-order valence-electron chi connectivity index (χ0n) is 18.6. The summed E-state index contributed by atoms with van der Waals surface area (Å²) in [5, 5.41) is 12.9. The summed E-state index contributed by atoms with van der Waals surface area (Å²) in [6, 6.07) is 8.80. The maximum absolute atomic E-state index is 13.3. The Morgan fingerprint density at radius 2 is 2.00 bits per heavy atom. The monoisotopic (exact) mass is 476 g/mol. The predicted octanol–water partition coefficient (Wildman–Crippen LogP) is 4.14. The lowest BCUT2D eigenvalue weighted by molar-refractivity contribution is -0.119. The van der Waals surface area contributed by atoms with Crippen molar-refractivity contribution in [3.8, 4) is 22.9 Å². The van der Waals surface area contributed by atoms with E-state index in [9.17, 15) is 9.59 Å². The van der Waals surface area contributed by atoms with Crippen molar-refractivity contribution < 1.29 is 18.4 Å². The van der Waals surface area contributed by atoms with Crippen molar-refractivity contribution in [1.82, 2.24) is 25.1 Å². The van der Waals surface area contributed by atoms with E-state index in [1.807, 2.05) is 6.92 Å². The van der Waals surface area contributed by atoms with Crippen LogP contribution in [0.4, 0.5) is 5.13 Å². The number of nitrogens with one attached hydrogen (secondary N) is 2. The standard InChI is InChI=1S/C23H20N6O4S/c1-12-20-15(9-16(18-5-4-8-32-18)25-21(20)29(3)28-12)22(31)27-23-26-17(11-34-23)19-7-6-14(33-19)10-24-13(2)30/h4-9,11H,10H2,1-3H3,(H,24,30)(H,26,27,31). The van der Waals surface area contributed by atoms with Crippen molar-refractivity contribution in [1.29, 1.82) is 0 Å². The Hall–Kier alpha value is -4.25. The summed E-state index contributed by atoms with van der Waals surface area (Å²) >= 11 is 1.28. The quantitative estimate of drug-likeness (QED) is 0.377. The van der Waals surface area contributed by atoms with Gasteiger partial charge < -0.3 is 14.2 Å². The molecule has 10 nitrogen and oxygen atoms in total. The molecule has 5 aromatic heterocycles. The molecule has 0 aliphatic rings. The number of anilines is 1. The molecule has 11 heteroatoms. The van der Waals surface area contributed by atoms with Crippen molar-refractivity contribution in [2.24, 2.45) is 7.05 Å². The van der Waals surface area contributed by atoms with E-state index in [4.69, 9.17) is 8.83 Å². The number of rotatable bonds is 6. The molecule has 0 saturated heterocycles. The maximum atomic E-state index is 13.3. The van der Waals surface area contributed by atoms with Crippen LogP contribution in [-0.2, 0) is 18.4 Å². The van der Waals surface area contributed by atoms with Gasteiger partial charge in [0.1, 0.15) is 17.1 Å². The molecule has 34 heavy (non-hydrogen) atoms. The Kier molecular flexibility index (Phi) is 5.46. The summed E-state index contributed by atoms with van der Waals surface area (Å²) in [6.45, 7) is 3.58. The summed E-state index contributed by atoms with van der Waals surface area (Å²) in [5.41, 5.74) is 2.83. The smallest absolute Gasteiger partial charge is 0.258 e. The fourth-order valence-electron chi connectivity index (χ4n) is 3.61. The van der Waals surface area contributed by atoms with Crippen molar-refractivity contribution >= 4 is 39.3 Å². The van der Waals surface area contributed by atoms with E-state index >= 15 is 0 Å². The second-order valence-corrected chi connectivity index (χ2v) is 8.47. The van der Waals surface area contributed by atoms with Crippen LogP contribution in [0.2, 0.25) is 0 Å². The summed E-state index contributed by atoms with van der Waals surface area (Å²) in [4.78, 5) is 33.5. The highest BCUT2D eigenvalue weighted by atomic mass is 32.1. The molecule has 0 aliphatic carbocycles. The number of nitrogens with zero attached hydrogens (tertiary/aromatic N) is 4. The van der Waals surface area contributed by atoms with E-state index in [0.29, 0.717) is 62.6 Å². The number of furan rings is 2. The Bertz CT molecular complexity index is 1510. The minimum absolute atomic E-state index is 0.138. The maximum Gasteiger partial charge on any atom is 0.258 e. The molecule has 0 bridgehead atoms. The van der Waals surface area contributed by atoms with Gasteiger partial charge in [-0.05, 0) is 37.3 Å². The Balaban J connectivity index is 1.43. The molecule has 0 aliphatic heterocycles. The molecule has 5 heterocycles. The first-order chi connectivity index (χ1) is 16.4. The van der Waals surface area contributed by atoms with Gasteiger partial charge in [-0.1, -0.05) is 0 Å². The molecule has 0 spiro atoms. The van der Waals surface area contributed by atoms with Gasteiger partial charge in [-0.2, -0.15) is 5.10 Å². The molecule has 2 amide bonds. The fourth-order valence-corrected chi connectivity index (χ4v) is 4.30. The fraction of sp³-hybridized carbons (Fsp3) is 0.174. The van der Waals surface area contributed by atoms with Crippen LogP contribution >= 0.6 is 11.3 Å². The van der Waals surface area contributed by atoms with Crippen LogP contribution in [0.1, 0.15) is 28.7 Å². The summed E-state index contributed by atoms with van der Waals surface area (Å²) in [5.74, 6) is 1.25. The van der Waals surface area contributed by atoms with Crippen LogP contribution in [0, 0.1) is 6.92 Å². The third-order valence-electron chi connectivity index (χ3n) is 5.14. The van der Waals surface area contributed by atoms with Crippen LogP contribution in [-0.4, -0.2) is 31.6 Å². The van der Waals surface area contributed by atoms with Gasteiger partial charge >= 0.3 is 0 Å². The number of carbonyl (C=O) groups is 2. The van der Waals surface area contributed by atoms with Crippen molar-refractivity contribution in [3.63, 3.8) is 0 Å². The van der Waals surface area contributed by atoms with Crippen LogP contribution in [0.15, 0.2) is 50.8 Å². The first kappa shape index (κ1) is 21.6. The van der Waals surface area contributed by atoms with Gasteiger partial charge in [0.25, 0.3) is 5.91 Å². The minimum Gasteiger partial charge on any atom is -0.463 e. The SMILES string of the molecule is CC(=O)NCc1ccc(-c2csc(NC(=O)c3cc(-c4ccco4)nc4c3c(C)nn4C)n2)o1. The molecule has 172 valence electrons. The highest BCUT2D eigenvalue weighted by molar-refractivity contribution is 7.14. The second-order valence-electron chi connectivity index (χ2n) is 7.61. The van der Waals surface area contributed by atoms with Crippen LogP contribution < -0.4 is 10.6 Å². The van der Waals surface area contributed by atoms with Crippen LogP contribution in [0.5, 0.6) is 0 Å². The molecular formula is C23H20N6O4S. The average Bonchev–Trinajstić information content (AvgIpc) is 3.60. The van der Waals surface area contributed by atoms with Crippen molar-refractivity contribution in [3.05, 3.63) is 59.0 Å². The second kappa shape index (κ2) is 8.60. The van der Waals surface area contributed by atoms with Gasteiger partial charge in [-0.15, -0.1) is 11.3 Å². The van der Waals surface area contributed by atoms with Gasteiger partial charge in [-0.3, -0.25) is 19.6 Å². The molecule has 0 saturated carbocycles. The Morgan fingerprint density at radius 1 is 1.15 bits per heavy atom. The first-order valence-corrected chi connectivity index (χ1v) is 11.3. The molecule has 0 aromatic carbocycles. The topological polar surface area (TPSA) is 128 Å². The van der Waals surface area contributed by atoms with Gasteiger partial charge in [0.15, 0.2) is 22.3 Å². The zero-order chi connectivity index (χ0) is 23.8. The predicted molar refractivity (Wildman–Crippen MR) is 126 cm³/mol. The largest absolute Gasteiger partial charge is 0.463 e. The minimum atomic E-state index is -0.331. The molecular weight excluding hydrogens is 456 g/mol. The summed E-state index contributed by atoms with van der Waals surface area (Å²) in [7, 11) is 1.78. The number of hydrogen-bond acceptors (Lipinski definition) is 8. The number of hydrogen-bond donors (Lipinski definition) is 2. The first-order valence-electron chi connectivity index (χ1n) is 10.4. The van der Waals surface area contributed by atoms with E-state index in [2.05, 4.69) is 25.7 Å². The number of thiazole rings is 1. The summed E-state index contributed by atoms with van der Waals surface area (Å²) < 4.78 is 12.9. The lowest BCUT2D eigenvalue weighted by atomic mass is 10.1. The third kappa shape index (κ3) is 4.08. The van der Waals surface area contributed by atoms with Gasteiger partial charge in [0, 0.05) is 19.4 Å². The number of pyridine rings is 1.